The third kappa shape index (κ3) is 3.34. The first kappa shape index (κ1) is 12.7. The van der Waals surface area contributed by atoms with Crippen molar-refractivity contribution in [3.8, 4) is 0 Å². The molecule has 0 saturated heterocycles. The molecule has 0 aromatic carbocycles. The Morgan fingerprint density at radius 2 is 1.75 bits per heavy atom. The molecule has 0 aliphatic heterocycles. The van der Waals surface area contributed by atoms with Gasteiger partial charge >= 0.3 is 0 Å². The van der Waals surface area contributed by atoms with E-state index in [4.69, 9.17) is 0 Å². The van der Waals surface area contributed by atoms with Crippen molar-refractivity contribution in [3.05, 3.63) is 11.4 Å². The molecule has 0 amide bonds. The fourth-order valence-corrected chi connectivity index (χ4v) is 1.36. The van der Waals surface area contributed by atoms with E-state index in [2.05, 4.69) is 27.6 Å². The summed E-state index contributed by atoms with van der Waals surface area (Å²) in [5.41, 5.74) is 4.22. The zero-order valence-electron chi connectivity index (χ0n) is 10.8. The second-order valence-electron chi connectivity index (χ2n) is 4.03. The Morgan fingerprint density at radius 1 is 1.12 bits per heavy atom. The van der Waals surface area contributed by atoms with Crippen molar-refractivity contribution in [1.82, 2.24) is 15.0 Å². The molecule has 1 aromatic rings. The van der Waals surface area contributed by atoms with E-state index in [0.717, 1.165) is 36.0 Å². The number of hydrogen-bond acceptors (Lipinski definition) is 5. The third-order valence-electron chi connectivity index (χ3n) is 2.13. The van der Waals surface area contributed by atoms with Crippen LogP contribution in [0.25, 0.3) is 0 Å². The summed E-state index contributed by atoms with van der Waals surface area (Å²) in [5.74, 6) is 2.54. The number of aromatic nitrogens is 2. The van der Waals surface area contributed by atoms with E-state index < -0.39 is 0 Å². The number of anilines is 2. The van der Waals surface area contributed by atoms with Gasteiger partial charge in [0.1, 0.15) is 17.5 Å². The first-order chi connectivity index (χ1) is 7.54. The van der Waals surface area contributed by atoms with Crippen LogP contribution in [0.5, 0.6) is 0 Å². The van der Waals surface area contributed by atoms with E-state index >= 15 is 0 Å². The minimum Gasteiger partial charge on any atom is -0.370 e. The molecule has 1 aromatic heterocycles. The van der Waals surface area contributed by atoms with Gasteiger partial charge in [0.2, 0.25) is 0 Å². The molecule has 5 heteroatoms. The van der Waals surface area contributed by atoms with Gasteiger partial charge in [0.25, 0.3) is 0 Å². The van der Waals surface area contributed by atoms with Crippen molar-refractivity contribution in [2.45, 2.75) is 27.2 Å². The van der Waals surface area contributed by atoms with Gasteiger partial charge in [-0.1, -0.05) is 6.92 Å². The van der Waals surface area contributed by atoms with Gasteiger partial charge in [-0.15, -0.1) is 0 Å². The van der Waals surface area contributed by atoms with Gasteiger partial charge in [0, 0.05) is 26.2 Å². The molecule has 0 aliphatic rings. The second kappa shape index (κ2) is 5.65. The second-order valence-corrected chi connectivity index (χ2v) is 4.03. The Morgan fingerprint density at radius 3 is 2.31 bits per heavy atom. The van der Waals surface area contributed by atoms with Crippen LogP contribution in [-0.2, 0) is 0 Å². The fourth-order valence-electron chi connectivity index (χ4n) is 1.36. The van der Waals surface area contributed by atoms with Crippen molar-refractivity contribution in [2.75, 3.05) is 31.4 Å². The molecule has 0 unspecified atom stereocenters. The minimum absolute atomic E-state index is 0.772. The highest BCUT2D eigenvalue weighted by Crippen LogP contribution is 2.19. The summed E-state index contributed by atoms with van der Waals surface area (Å²) in [4.78, 5) is 8.78. The van der Waals surface area contributed by atoms with Gasteiger partial charge in [-0.3, -0.25) is 0 Å². The first-order valence-electron chi connectivity index (χ1n) is 5.57. The molecule has 0 bridgehead atoms. The Labute approximate surface area is 97.3 Å². The lowest BCUT2D eigenvalue weighted by molar-refractivity contribution is 0.491. The average Bonchev–Trinajstić information content (AvgIpc) is 2.20. The molecule has 1 rings (SSSR count). The summed E-state index contributed by atoms with van der Waals surface area (Å²) in [6.07, 6.45) is 1.08. The van der Waals surface area contributed by atoms with Gasteiger partial charge in [-0.05, 0) is 20.3 Å². The average molecular weight is 223 g/mol. The highest BCUT2D eigenvalue weighted by molar-refractivity contribution is 5.56. The molecule has 2 N–H and O–H groups in total. The zero-order valence-corrected chi connectivity index (χ0v) is 10.8. The van der Waals surface area contributed by atoms with Crippen LogP contribution in [0.15, 0.2) is 0 Å². The van der Waals surface area contributed by atoms with E-state index in [0.29, 0.717) is 0 Å². The smallest absolute Gasteiger partial charge is 0.149 e. The Balaban J connectivity index is 2.95. The molecule has 90 valence electrons. The van der Waals surface area contributed by atoms with Gasteiger partial charge in [0.05, 0.1) is 0 Å². The van der Waals surface area contributed by atoms with Gasteiger partial charge in [-0.25, -0.2) is 15.0 Å². The van der Waals surface area contributed by atoms with E-state index in [1.165, 1.54) is 0 Å². The fraction of sp³-hybridized carbons (Fsp3) is 0.636. The van der Waals surface area contributed by atoms with Crippen molar-refractivity contribution in [3.63, 3.8) is 0 Å². The lowest BCUT2D eigenvalue weighted by atomic mass is 10.3. The van der Waals surface area contributed by atoms with Gasteiger partial charge in [-0.2, -0.15) is 0 Å². The Bertz CT molecular complexity index is 348. The van der Waals surface area contributed by atoms with Crippen LogP contribution in [0.3, 0.4) is 0 Å². The van der Waals surface area contributed by atoms with Crippen LogP contribution >= 0.6 is 0 Å². The monoisotopic (exact) mass is 223 g/mol. The maximum Gasteiger partial charge on any atom is 0.149 e. The number of hydrogen-bond donors (Lipinski definition) is 2. The van der Waals surface area contributed by atoms with Crippen LogP contribution in [0.2, 0.25) is 0 Å². The molecule has 16 heavy (non-hydrogen) atoms. The van der Waals surface area contributed by atoms with Gasteiger partial charge in [0.15, 0.2) is 0 Å². The summed E-state index contributed by atoms with van der Waals surface area (Å²) in [7, 11) is 3.88. The normalized spacial score (nSPS) is 10.6. The standard InChI is InChI=1S/C11H21N5/c1-6-7-12-10-8(2)11(15-16(4)5)14-9(3)13-10/h6-7H2,1-5H3,(H2,12,13,14,15). The van der Waals surface area contributed by atoms with E-state index in [9.17, 15) is 0 Å². The molecular weight excluding hydrogens is 202 g/mol. The summed E-state index contributed by atoms with van der Waals surface area (Å²) < 4.78 is 0. The summed E-state index contributed by atoms with van der Waals surface area (Å²) >= 11 is 0. The minimum atomic E-state index is 0.772. The van der Waals surface area contributed by atoms with Crippen LogP contribution < -0.4 is 10.7 Å². The predicted octanol–water partition coefficient (Wildman–Crippen LogP) is 1.80. The van der Waals surface area contributed by atoms with E-state index in [1.807, 2.05) is 33.0 Å². The molecule has 0 fully saturated rings. The molecule has 0 spiro atoms. The number of nitrogens with zero attached hydrogens (tertiary/aromatic N) is 3. The molecule has 5 nitrogen and oxygen atoms in total. The summed E-state index contributed by atoms with van der Waals surface area (Å²) in [6, 6.07) is 0. The molecular formula is C11H21N5. The first-order valence-corrected chi connectivity index (χ1v) is 5.57. The molecule has 0 atom stereocenters. The SMILES string of the molecule is CCCNc1nc(C)nc(NN(C)C)c1C. The molecule has 1 heterocycles. The van der Waals surface area contributed by atoms with Crippen LogP contribution in [-0.4, -0.2) is 35.6 Å². The van der Waals surface area contributed by atoms with Crippen LogP contribution in [0.4, 0.5) is 11.6 Å². The largest absolute Gasteiger partial charge is 0.370 e. The van der Waals surface area contributed by atoms with Crippen LogP contribution in [0.1, 0.15) is 24.7 Å². The summed E-state index contributed by atoms with van der Waals surface area (Å²) in [6.45, 7) is 6.98. The number of aryl methyl sites for hydroxylation is 1. The topological polar surface area (TPSA) is 53.1 Å². The quantitative estimate of drug-likeness (QED) is 0.746. The highest BCUT2D eigenvalue weighted by Gasteiger charge is 2.08. The van der Waals surface area contributed by atoms with E-state index in [-0.39, 0.29) is 0 Å². The maximum absolute atomic E-state index is 4.40. The Kier molecular flexibility index (Phi) is 4.49. The molecule has 0 saturated carbocycles. The lowest BCUT2D eigenvalue weighted by Gasteiger charge is -2.17. The summed E-state index contributed by atoms with van der Waals surface area (Å²) in [5, 5.41) is 5.18. The van der Waals surface area contributed by atoms with E-state index in [1.54, 1.807) is 0 Å². The number of hydrazine groups is 1. The van der Waals surface area contributed by atoms with Crippen molar-refractivity contribution >= 4 is 11.6 Å². The zero-order chi connectivity index (χ0) is 12.1. The predicted molar refractivity (Wildman–Crippen MR) is 67.6 cm³/mol. The van der Waals surface area contributed by atoms with Crippen molar-refractivity contribution < 1.29 is 0 Å². The van der Waals surface area contributed by atoms with Crippen molar-refractivity contribution in [2.24, 2.45) is 0 Å². The lowest BCUT2D eigenvalue weighted by Crippen LogP contribution is -2.22. The number of nitrogens with one attached hydrogen (secondary N) is 2. The number of rotatable bonds is 5. The Hall–Kier alpha value is -1.36. The third-order valence-corrected chi connectivity index (χ3v) is 2.13. The van der Waals surface area contributed by atoms with Gasteiger partial charge < -0.3 is 10.7 Å². The maximum atomic E-state index is 4.40. The molecule has 0 aliphatic carbocycles. The molecule has 0 radical (unpaired) electrons. The van der Waals surface area contributed by atoms with Crippen molar-refractivity contribution in [1.29, 1.82) is 0 Å². The van der Waals surface area contributed by atoms with Crippen LogP contribution in [0, 0.1) is 13.8 Å². The highest BCUT2D eigenvalue weighted by atomic mass is 15.5.